The molecular formula is C54H76ClF3N9O14P. The molecule has 1 aliphatic carbocycles. The molecule has 4 aromatic rings. The summed E-state index contributed by atoms with van der Waals surface area (Å²) in [4.78, 5) is 43.8. The SMILES string of the molecule is N=Cc1c(NC2CCC(COCP(O)O)O2)nc(Cl)nc1N1CC2(CCC(N(CCOCCOCCOCCOCc3cn(CCOCCOCCOCCOCCC(=O)Oc4c(F)cc(F)cc4F)nn3)Cc3ccccc3)CC2)C1. The summed E-state index contributed by atoms with van der Waals surface area (Å²) >= 11 is 6.46. The minimum Gasteiger partial charge on any atom is -0.420 e. The van der Waals surface area contributed by atoms with Gasteiger partial charge < -0.3 is 77.5 Å². The summed E-state index contributed by atoms with van der Waals surface area (Å²) in [5.41, 5.74) is 2.70. The van der Waals surface area contributed by atoms with Crippen LogP contribution >= 0.6 is 20.0 Å². The van der Waals surface area contributed by atoms with Gasteiger partial charge in [-0.25, -0.2) is 17.9 Å². The molecule has 4 heterocycles. The minimum absolute atomic E-state index is 0.0502. The van der Waals surface area contributed by atoms with E-state index in [9.17, 15) is 18.0 Å². The zero-order valence-electron chi connectivity index (χ0n) is 46.0. The fraction of sp³-hybridized carbons (Fsp3) is 0.630. The number of nitrogens with zero attached hydrogens (tertiary/aromatic N) is 7. The second-order valence-corrected chi connectivity index (χ2v) is 21.2. The van der Waals surface area contributed by atoms with Crippen LogP contribution in [0.3, 0.4) is 0 Å². The van der Waals surface area contributed by atoms with Crippen molar-refractivity contribution < 1.29 is 79.9 Å². The molecule has 454 valence electrons. The smallest absolute Gasteiger partial charge is 0.313 e. The molecule has 23 nitrogen and oxygen atoms in total. The van der Waals surface area contributed by atoms with E-state index in [0.717, 1.165) is 58.3 Å². The number of nitrogens with one attached hydrogen (secondary N) is 2. The number of esters is 1. The van der Waals surface area contributed by atoms with Crippen LogP contribution in [-0.2, 0) is 71.9 Å². The molecule has 2 aliphatic heterocycles. The molecule has 2 aromatic heterocycles. The molecule has 2 unspecified atom stereocenters. The third-order valence-corrected chi connectivity index (χ3v) is 14.3. The summed E-state index contributed by atoms with van der Waals surface area (Å²) in [6, 6.07) is 11.8. The first-order valence-corrected chi connectivity index (χ1v) is 29.4. The molecule has 0 bridgehead atoms. The Labute approximate surface area is 481 Å². The van der Waals surface area contributed by atoms with Crippen molar-refractivity contribution in [2.45, 2.75) is 83.0 Å². The zero-order chi connectivity index (χ0) is 57.8. The maximum atomic E-state index is 13.6. The zero-order valence-corrected chi connectivity index (χ0v) is 47.7. The standard InChI is InChI=1S/C54H76ClF3N9O14P/c55-53-61-51(60-48-7-6-44(80-48)36-79-39-82(69)70)45(32-59)52(62-53)66-37-54(38-66)11-8-43(9-12-54)65(33-40-4-2-1-3-5-40)13-16-72-19-22-75-26-27-77-28-29-78-35-42-34-67(64-63-42)14-17-73-20-23-76-25-24-74-21-18-71-15-10-49(68)81-50-46(57)30-41(56)31-47(50)58/h1-5,30-32,34,43-44,48,59,69-70H,6-29,33,35-39H2,(H,60,61,62). The van der Waals surface area contributed by atoms with Gasteiger partial charge in [0.25, 0.3) is 0 Å². The monoisotopic (exact) mass is 1200 g/mol. The predicted octanol–water partition coefficient (Wildman–Crippen LogP) is 5.90. The highest BCUT2D eigenvalue weighted by molar-refractivity contribution is 7.44. The normalized spacial score (nSPS) is 17.1. The van der Waals surface area contributed by atoms with Gasteiger partial charge in [0.05, 0.1) is 143 Å². The number of halogens is 4. The quantitative estimate of drug-likeness (QED) is 0.0101. The van der Waals surface area contributed by atoms with Gasteiger partial charge in [-0.05, 0) is 55.7 Å². The van der Waals surface area contributed by atoms with Crippen LogP contribution < -0.4 is 15.0 Å². The van der Waals surface area contributed by atoms with E-state index in [1.165, 1.54) is 11.8 Å². The fourth-order valence-electron chi connectivity index (χ4n) is 9.68. The highest BCUT2D eigenvalue weighted by Gasteiger charge is 2.47. The van der Waals surface area contributed by atoms with Crippen molar-refractivity contribution in [1.29, 1.82) is 5.41 Å². The molecular weight excluding hydrogens is 1120 g/mol. The number of aromatic nitrogens is 5. The van der Waals surface area contributed by atoms with Crippen molar-refractivity contribution in [2.24, 2.45) is 5.41 Å². The van der Waals surface area contributed by atoms with E-state index >= 15 is 0 Å². The van der Waals surface area contributed by atoms with E-state index in [-0.39, 0.29) is 62.2 Å². The van der Waals surface area contributed by atoms with E-state index in [1.807, 2.05) is 6.07 Å². The number of hydrogen-bond donors (Lipinski definition) is 4. The summed E-state index contributed by atoms with van der Waals surface area (Å²) < 4.78 is 103. The van der Waals surface area contributed by atoms with Crippen LogP contribution in [0, 0.1) is 28.3 Å². The van der Waals surface area contributed by atoms with Crippen LogP contribution in [0.25, 0.3) is 0 Å². The third-order valence-electron chi connectivity index (χ3n) is 13.8. The van der Waals surface area contributed by atoms with Crippen molar-refractivity contribution in [3.8, 4) is 5.75 Å². The topological polar surface area (TPSA) is 258 Å². The van der Waals surface area contributed by atoms with Gasteiger partial charge in [-0.1, -0.05) is 35.5 Å². The fourth-order valence-corrected chi connectivity index (χ4v) is 10.1. The molecule has 3 fully saturated rings. The van der Waals surface area contributed by atoms with Gasteiger partial charge in [0, 0.05) is 56.0 Å². The number of anilines is 2. The number of carbonyl (C=O) groups is 1. The molecule has 4 N–H and O–H groups in total. The molecule has 0 radical (unpaired) electrons. The van der Waals surface area contributed by atoms with Crippen molar-refractivity contribution in [3.05, 3.63) is 88.2 Å². The van der Waals surface area contributed by atoms with Crippen molar-refractivity contribution in [2.75, 3.05) is 142 Å². The molecule has 28 heteroatoms. The molecule has 82 heavy (non-hydrogen) atoms. The first kappa shape index (κ1) is 64.9. The second-order valence-electron chi connectivity index (χ2n) is 19.8. The summed E-state index contributed by atoms with van der Waals surface area (Å²) in [5, 5.41) is 20.0. The average Bonchev–Trinajstić information content (AvgIpc) is 2.51. The Morgan fingerprint density at radius 3 is 2.05 bits per heavy atom. The Balaban J connectivity index is 0.661. The maximum absolute atomic E-state index is 13.6. The van der Waals surface area contributed by atoms with Crippen LogP contribution in [0.4, 0.5) is 24.8 Å². The Morgan fingerprint density at radius 2 is 1.41 bits per heavy atom. The lowest BCUT2D eigenvalue weighted by atomic mass is 9.67. The van der Waals surface area contributed by atoms with Gasteiger partial charge in [-0.3, -0.25) is 9.69 Å². The summed E-state index contributed by atoms with van der Waals surface area (Å²) in [5.74, 6) is -4.51. The van der Waals surface area contributed by atoms with Crippen molar-refractivity contribution in [1.82, 2.24) is 29.9 Å². The van der Waals surface area contributed by atoms with E-state index < -0.39 is 37.5 Å². The third kappa shape index (κ3) is 22.4. The Morgan fingerprint density at radius 1 is 0.805 bits per heavy atom. The largest absolute Gasteiger partial charge is 0.420 e. The molecule has 2 aromatic carbocycles. The second kappa shape index (κ2) is 35.6. The van der Waals surface area contributed by atoms with Crippen LogP contribution in [0.5, 0.6) is 5.75 Å². The maximum Gasteiger partial charge on any atom is 0.313 e. The molecule has 2 saturated heterocycles. The summed E-state index contributed by atoms with van der Waals surface area (Å²) in [6.45, 7) is 9.86. The number of ether oxygens (including phenoxy) is 11. The molecule has 7 rings (SSSR count). The highest BCUT2D eigenvalue weighted by atomic mass is 35.5. The van der Waals surface area contributed by atoms with Crippen molar-refractivity contribution in [3.63, 3.8) is 0 Å². The van der Waals surface area contributed by atoms with E-state index in [0.29, 0.717) is 140 Å². The number of hydrogen-bond acceptors (Lipinski definition) is 22. The van der Waals surface area contributed by atoms with Gasteiger partial charge in [0.2, 0.25) is 11.0 Å². The van der Waals surface area contributed by atoms with E-state index in [1.54, 1.807) is 10.9 Å². The molecule has 1 spiro atoms. The Kier molecular flexibility index (Phi) is 28.2. The summed E-state index contributed by atoms with van der Waals surface area (Å²) in [7, 11) is -2.11. The van der Waals surface area contributed by atoms with Gasteiger partial charge in [-0.2, -0.15) is 9.97 Å². The van der Waals surface area contributed by atoms with Crippen LogP contribution in [0.1, 0.15) is 61.8 Å². The van der Waals surface area contributed by atoms with Gasteiger partial charge >= 0.3 is 5.97 Å². The van der Waals surface area contributed by atoms with E-state index in [4.69, 9.17) is 74.2 Å². The highest BCUT2D eigenvalue weighted by Crippen LogP contribution is 2.47. The lowest BCUT2D eigenvalue weighted by Gasteiger charge is -2.55. The Bertz CT molecular complexity index is 2480. The first-order valence-electron chi connectivity index (χ1n) is 27.6. The van der Waals surface area contributed by atoms with Crippen LogP contribution in [-0.4, -0.2) is 202 Å². The van der Waals surface area contributed by atoms with Crippen LogP contribution in [0.2, 0.25) is 5.28 Å². The number of rotatable bonds is 41. The molecule has 0 amide bonds. The number of carbonyl (C=O) groups excluding carboxylic acids is 1. The number of benzene rings is 2. The average molecular weight is 1200 g/mol. The molecule has 2 atom stereocenters. The lowest BCUT2D eigenvalue weighted by Crippen LogP contribution is -2.59. The molecule has 1 saturated carbocycles. The van der Waals surface area contributed by atoms with Crippen molar-refractivity contribution >= 4 is 43.8 Å². The summed E-state index contributed by atoms with van der Waals surface area (Å²) in [6.07, 6.45) is 7.89. The predicted molar refractivity (Wildman–Crippen MR) is 294 cm³/mol. The van der Waals surface area contributed by atoms with Gasteiger partial charge in [0.15, 0.2) is 20.0 Å². The van der Waals surface area contributed by atoms with E-state index in [2.05, 4.69) is 64.4 Å². The Hall–Kier alpha value is -4.61. The van der Waals surface area contributed by atoms with Gasteiger partial charge in [0.1, 0.15) is 35.7 Å². The minimum atomic E-state index is -2.11. The van der Waals surface area contributed by atoms with Crippen LogP contribution in [0.15, 0.2) is 48.7 Å². The molecule has 3 aliphatic rings. The first-order chi connectivity index (χ1) is 40.0. The van der Waals surface area contributed by atoms with Gasteiger partial charge in [-0.15, -0.1) is 5.10 Å². The lowest BCUT2D eigenvalue weighted by molar-refractivity contribution is -0.136.